The standard InChI is InChI=1S/C11H22N2O3/c1-4-6-7-13(5-2)11(16)12-9(3)8-10(14)15/h9H,4-8H2,1-3H3,(H,12,16)(H,14,15). The van der Waals surface area contributed by atoms with Crippen LogP contribution in [0.3, 0.4) is 0 Å². The predicted octanol–water partition coefficient (Wildman–Crippen LogP) is 1.68. The molecule has 0 aromatic heterocycles. The maximum Gasteiger partial charge on any atom is 0.317 e. The number of carbonyl (C=O) groups excluding carboxylic acids is 1. The highest BCUT2D eigenvalue weighted by atomic mass is 16.4. The fraction of sp³-hybridized carbons (Fsp3) is 0.818. The van der Waals surface area contributed by atoms with Crippen molar-refractivity contribution in [3.63, 3.8) is 0 Å². The van der Waals surface area contributed by atoms with E-state index in [9.17, 15) is 9.59 Å². The Morgan fingerprint density at radius 1 is 1.38 bits per heavy atom. The van der Waals surface area contributed by atoms with Crippen molar-refractivity contribution in [3.8, 4) is 0 Å². The molecule has 2 N–H and O–H groups in total. The predicted molar refractivity (Wildman–Crippen MR) is 62.4 cm³/mol. The summed E-state index contributed by atoms with van der Waals surface area (Å²) in [4.78, 5) is 23.8. The molecule has 94 valence electrons. The number of hydrogen-bond acceptors (Lipinski definition) is 2. The van der Waals surface area contributed by atoms with Gasteiger partial charge in [-0.25, -0.2) is 4.79 Å². The monoisotopic (exact) mass is 230 g/mol. The molecular weight excluding hydrogens is 208 g/mol. The maximum atomic E-state index is 11.7. The van der Waals surface area contributed by atoms with E-state index in [1.807, 2.05) is 6.92 Å². The third-order valence-corrected chi connectivity index (χ3v) is 2.30. The third-order valence-electron chi connectivity index (χ3n) is 2.30. The fourth-order valence-electron chi connectivity index (χ4n) is 1.37. The van der Waals surface area contributed by atoms with Gasteiger partial charge in [0.2, 0.25) is 0 Å². The number of urea groups is 1. The van der Waals surface area contributed by atoms with E-state index >= 15 is 0 Å². The molecular formula is C11H22N2O3. The van der Waals surface area contributed by atoms with Gasteiger partial charge in [-0.15, -0.1) is 0 Å². The molecule has 0 aliphatic carbocycles. The second kappa shape index (κ2) is 7.96. The van der Waals surface area contributed by atoms with Crippen molar-refractivity contribution in [1.29, 1.82) is 0 Å². The van der Waals surface area contributed by atoms with Gasteiger partial charge < -0.3 is 15.3 Å². The molecule has 0 bridgehead atoms. The Hall–Kier alpha value is -1.26. The SMILES string of the molecule is CCCCN(CC)C(=O)NC(C)CC(=O)O. The van der Waals surface area contributed by atoms with Crippen LogP contribution in [-0.2, 0) is 4.79 Å². The van der Waals surface area contributed by atoms with Gasteiger partial charge in [0.15, 0.2) is 0 Å². The lowest BCUT2D eigenvalue weighted by Gasteiger charge is -2.23. The van der Waals surface area contributed by atoms with Gasteiger partial charge in [-0.3, -0.25) is 4.79 Å². The van der Waals surface area contributed by atoms with Gasteiger partial charge in [-0.1, -0.05) is 13.3 Å². The Morgan fingerprint density at radius 3 is 2.44 bits per heavy atom. The molecule has 0 radical (unpaired) electrons. The molecule has 0 rings (SSSR count). The molecule has 0 saturated carbocycles. The minimum absolute atomic E-state index is 0.0446. The van der Waals surface area contributed by atoms with Crippen molar-refractivity contribution in [2.75, 3.05) is 13.1 Å². The largest absolute Gasteiger partial charge is 0.481 e. The molecule has 0 aromatic carbocycles. The number of aliphatic carboxylic acids is 1. The molecule has 1 atom stereocenters. The van der Waals surface area contributed by atoms with Gasteiger partial charge in [-0.2, -0.15) is 0 Å². The quantitative estimate of drug-likeness (QED) is 0.699. The van der Waals surface area contributed by atoms with Gasteiger partial charge >= 0.3 is 12.0 Å². The van der Waals surface area contributed by atoms with Crippen LogP contribution in [0.1, 0.15) is 40.0 Å². The van der Waals surface area contributed by atoms with Crippen LogP contribution >= 0.6 is 0 Å². The van der Waals surface area contributed by atoms with Gasteiger partial charge in [0, 0.05) is 19.1 Å². The number of unbranched alkanes of at least 4 members (excludes halogenated alkanes) is 1. The summed E-state index contributed by atoms with van der Waals surface area (Å²) >= 11 is 0. The van der Waals surface area contributed by atoms with E-state index in [2.05, 4.69) is 12.2 Å². The number of carboxylic acids is 1. The van der Waals surface area contributed by atoms with E-state index in [1.54, 1.807) is 11.8 Å². The number of rotatable bonds is 7. The van der Waals surface area contributed by atoms with Crippen LogP contribution in [0, 0.1) is 0 Å². The van der Waals surface area contributed by atoms with Gasteiger partial charge in [0.05, 0.1) is 6.42 Å². The summed E-state index contributed by atoms with van der Waals surface area (Å²) in [6.07, 6.45) is 1.96. The first-order valence-electron chi connectivity index (χ1n) is 5.78. The summed E-state index contributed by atoms with van der Waals surface area (Å²) in [5.41, 5.74) is 0. The van der Waals surface area contributed by atoms with E-state index in [0.717, 1.165) is 19.4 Å². The smallest absolute Gasteiger partial charge is 0.317 e. The van der Waals surface area contributed by atoms with Crippen LogP contribution in [0.4, 0.5) is 4.79 Å². The van der Waals surface area contributed by atoms with Crippen LogP contribution in [0.5, 0.6) is 0 Å². The number of carbonyl (C=O) groups is 2. The first-order chi connectivity index (χ1) is 7.51. The van der Waals surface area contributed by atoms with E-state index in [1.165, 1.54) is 0 Å². The van der Waals surface area contributed by atoms with E-state index in [0.29, 0.717) is 6.54 Å². The third kappa shape index (κ3) is 6.27. The molecule has 16 heavy (non-hydrogen) atoms. The molecule has 0 aliphatic rings. The van der Waals surface area contributed by atoms with Gasteiger partial charge in [-0.05, 0) is 20.3 Å². The van der Waals surface area contributed by atoms with E-state index in [4.69, 9.17) is 5.11 Å². The summed E-state index contributed by atoms with van der Waals surface area (Å²) in [6, 6.07) is -0.509. The second-order valence-electron chi connectivity index (χ2n) is 3.88. The Bertz CT molecular complexity index is 231. The lowest BCUT2D eigenvalue weighted by molar-refractivity contribution is -0.137. The lowest BCUT2D eigenvalue weighted by atomic mass is 10.2. The van der Waals surface area contributed by atoms with Crippen LogP contribution < -0.4 is 5.32 Å². The summed E-state index contributed by atoms with van der Waals surface area (Å²) < 4.78 is 0. The van der Waals surface area contributed by atoms with Crippen molar-refractivity contribution in [1.82, 2.24) is 10.2 Å². The molecule has 1 unspecified atom stereocenters. The number of hydrogen-bond donors (Lipinski definition) is 2. The van der Waals surface area contributed by atoms with Crippen molar-refractivity contribution in [2.45, 2.75) is 46.1 Å². The first-order valence-corrected chi connectivity index (χ1v) is 5.78. The Kier molecular flexibility index (Phi) is 7.33. The summed E-state index contributed by atoms with van der Waals surface area (Å²) in [7, 11) is 0. The second-order valence-corrected chi connectivity index (χ2v) is 3.88. The highest BCUT2D eigenvalue weighted by Gasteiger charge is 2.15. The normalized spacial score (nSPS) is 11.9. The lowest BCUT2D eigenvalue weighted by Crippen LogP contribution is -2.44. The Labute approximate surface area is 96.8 Å². The molecule has 0 aliphatic heterocycles. The molecule has 0 heterocycles. The average Bonchev–Trinajstić information content (AvgIpc) is 2.17. The molecule has 0 saturated heterocycles. The molecule has 5 nitrogen and oxygen atoms in total. The topological polar surface area (TPSA) is 69.6 Å². The van der Waals surface area contributed by atoms with Crippen LogP contribution in [0.25, 0.3) is 0 Å². The molecule has 0 fully saturated rings. The molecule has 0 spiro atoms. The molecule has 2 amide bonds. The Balaban J connectivity index is 4.04. The van der Waals surface area contributed by atoms with Crippen LogP contribution in [0.2, 0.25) is 0 Å². The number of carboxylic acid groups (broad SMARTS) is 1. The van der Waals surface area contributed by atoms with E-state index in [-0.39, 0.29) is 18.5 Å². The molecule has 0 aromatic rings. The van der Waals surface area contributed by atoms with E-state index < -0.39 is 5.97 Å². The van der Waals surface area contributed by atoms with Crippen molar-refractivity contribution >= 4 is 12.0 Å². The van der Waals surface area contributed by atoms with Crippen LogP contribution in [-0.4, -0.2) is 41.1 Å². The number of amides is 2. The van der Waals surface area contributed by atoms with Crippen molar-refractivity contribution in [2.24, 2.45) is 0 Å². The molecule has 5 heteroatoms. The summed E-state index contributed by atoms with van der Waals surface area (Å²) in [5.74, 6) is -0.899. The fourth-order valence-corrected chi connectivity index (χ4v) is 1.37. The van der Waals surface area contributed by atoms with Crippen LogP contribution in [0.15, 0.2) is 0 Å². The first kappa shape index (κ1) is 14.7. The summed E-state index contributed by atoms with van der Waals surface area (Å²) in [5, 5.41) is 11.2. The minimum Gasteiger partial charge on any atom is -0.481 e. The van der Waals surface area contributed by atoms with Crippen molar-refractivity contribution < 1.29 is 14.7 Å². The minimum atomic E-state index is -0.899. The highest BCUT2D eigenvalue weighted by Crippen LogP contribution is 1.98. The highest BCUT2D eigenvalue weighted by molar-refractivity contribution is 5.75. The summed E-state index contributed by atoms with van der Waals surface area (Å²) in [6.45, 7) is 7.04. The number of nitrogens with one attached hydrogen (secondary N) is 1. The van der Waals surface area contributed by atoms with Gasteiger partial charge in [0.25, 0.3) is 0 Å². The number of nitrogens with zero attached hydrogens (tertiary/aromatic N) is 1. The maximum absolute atomic E-state index is 11.7. The zero-order valence-electron chi connectivity index (χ0n) is 10.3. The zero-order chi connectivity index (χ0) is 12.6. The zero-order valence-corrected chi connectivity index (χ0v) is 10.3. The van der Waals surface area contributed by atoms with Gasteiger partial charge in [0.1, 0.15) is 0 Å². The Morgan fingerprint density at radius 2 is 2.00 bits per heavy atom. The van der Waals surface area contributed by atoms with Crippen molar-refractivity contribution in [3.05, 3.63) is 0 Å². The average molecular weight is 230 g/mol.